The summed E-state index contributed by atoms with van der Waals surface area (Å²) in [5.74, 6) is 2.54. The van der Waals surface area contributed by atoms with E-state index in [0.29, 0.717) is 12.6 Å². The largest absolute Gasteiger partial charge is 0.493 e. The van der Waals surface area contributed by atoms with Crippen molar-refractivity contribution in [3.63, 3.8) is 0 Å². The van der Waals surface area contributed by atoms with Crippen molar-refractivity contribution < 1.29 is 9.47 Å². The molecule has 4 nitrogen and oxygen atoms in total. The minimum Gasteiger partial charge on any atom is -0.493 e. The van der Waals surface area contributed by atoms with Gasteiger partial charge in [-0.3, -0.25) is 4.90 Å². The molecule has 1 saturated carbocycles. The summed E-state index contributed by atoms with van der Waals surface area (Å²) in [5, 5.41) is 3.47. The quantitative estimate of drug-likeness (QED) is 0.637. The van der Waals surface area contributed by atoms with Gasteiger partial charge in [-0.15, -0.1) is 24.8 Å². The van der Waals surface area contributed by atoms with E-state index in [4.69, 9.17) is 9.47 Å². The van der Waals surface area contributed by atoms with Crippen molar-refractivity contribution in [1.82, 2.24) is 10.2 Å². The number of hydrogen-bond donors (Lipinski definition) is 1. The number of ether oxygens (including phenoxy) is 2. The Kier molecular flexibility index (Phi) is 9.57. The van der Waals surface area contributed by atoms with Gasteiger partial charge >= 0.3 is 0 Å². The molecule has 0 amide bonds. The Morgan fingerprint density at radius 1 is 1.00 bits per heavy atom. The molecule has 4 rings (SSSR count). The maximum atomic E-state index is 6.04. The highest BCUT2D eigenvalue weighted by Crippen LogP contribution is 2.42. The van der Waals surface area contributed by atoms with Gasteiger partial charge in [0.1, 0.15) is 6.61 Å². The lowest BCUT2D eigenvalue weighted by Gasteiger charge is -2.35. The van der Waals surface area contributed by atoms with Crippen LogP contribution < -0.4 is 14.8 Å². The topological polar surface area (TPSA) is 33.7 Å². The van der Waals surface area contributed by atoms with Gasteiger partial charge in [0.15, 0.2) is 11.5 Å². The standard InChI is InChI=1S/C23H30N2O2.2ClH/c1-26-23-16-20(9-10-22(23)27-17-19-5-3-2-4-6-19)21(15-18-7-8-18)25-13-11-24-12-14-25;;/h2-6,9-10,16,18,21,24H,7-8,11-15,17H2,1H3;2*1H/t21-;;/m0../s1. The molecule has 0 bridgehead atoms. The highest BCUT2D eigenvalue weighted by atomic mass is 35.5. The first-order chi connectivity index (χ1) is 13.3. The van der Waals surface area contributed by atoms with Crippen molar-refractivity contribution in [2.75, 3.05) is 33.3 Å². The Hall–Kier alpha value is -1.46. The van der Waals surface area contributed by atoms with Gasteiger partial charge < -0.3 is 14.8 Å². The Labute approximate surface area is 186 Å². The van der Waals surface area contributed by atoms with Gasteiger partial charge in [-0.05, 0) is 35.6 Å². The number of halogens is 2. The summed E-state index contributed by atoms with van der Waals surface area (Å²) < 4.78 is 11.7. The smallest absolute Gasteiger partial charge is 0.161 e. The zero-order valence-corrected chi connectivity index (χ0v) is 18.6. The van der Waals surface area contributed by atoms with Crippen molar-refractivity contribution in [1.29, 1.82) is 0 Å². The van der Waals surface area contributed by atoms with E-state index in [1.54, 1.807) is 7.11 Å². The Morgan fingerprint density at radius 2 is 1.72 bits per heavy atom. The summed E-state index contributed by atoms with van der Waals surface area (Å²) >= 11 is 0. The average Bonchev–Trinajstić information content (AvgIpc) is 3.56. The fraction of sp³-hybridized carbons (Fsp3) is 0.478. The summed E-state index contributed by atoms with van der Waals surface area (Å²) in [7, 11) is 1.73. The van der Waals surface area contributed by atoms with Crippen LogP contribution in [0.1, 0.15) is 36.4 Å². The van der Waals surface area contributed by atoms with Gasteiger partial charge in [0.2, 0.25) is 0 Å². The van der Waals surface area contributed by atoms with E-state index in [1.807, 2.05) is 18.2 Å². The maximum absolute atomic E-state index is 6.04. The molecular weight excluding hydrogens is 407 g/mol. The minimum atomic E-state index is 0. The molecule has 0 aromatic heterocycles. The van der Waals surface area contributed by atoms with E-state index in [1.165, 1.54) is 24.8 Å². The predicted molar refractivity (Wildman–Crippen MR) is 123 cm³/mol. The van der Waals surface area contributed by atoms with E-state index in [0.717, 1.165) is 49.2 Å². The molecule has 2 aromatic rings. The zero-order valence-electron chi connectivity index (χ0n) is 17.0. The minimum absolute atomic E-state index is 0. The number of piperazine rings is 1. The molecule has 160 valence electrons. The van der Waals surface area contributed by atoms with Gasteiger partial charge in [0.05, 0.1) is 7.11 Å². The molecule has 0 spiro atoms. The zero-order chi connectivity index (χ0) is 18.5. The van der Waals surface area contributed by atoms with Crippen LogP contribution in [0.5, 0.6) is 11.5 Å². The third kappa shape index (κ3) is 6.51. The number of benzene rings is 2. The summed E-state index contributed by atoms with van der Waals surface area (Å²) in [5.41, 5.74) is 2.52. The fourth-order valence-corrected chi connectivity index (χ4v) is 3.91. The fourth-order valence-electron chi connectivity index (χ4n) is 3.91. The van der Waals surface area contributed by atoms with Crippen LogP contribution in [-0.4, -0.2) is 38.2 Å². The van der Waals surface area contributed by atoms with E-state index in [9.17, 15) is 0 Å². The molecule has 1 heterocycles. The van der Waals surface area contributed by atoms with Gasteiger partial charge in [0, 0.05) is 32.2 Å². The van der Waals surface area contributed by atoms with Crippen LogP contribution in [0.4, 0.5) is 0 Å². The van der Waals surface area contributed by atoms with E-state index < -0.39 is 0 Å². The highest BCUT2D eigenvalue weighted by Gasteiger charge is 2.30. The lowest BCUT2D eigenvalue weighted by molar-refractivity contribution is 0.160. The first-order valence-corrected chi connectivity index (χ1v) is 10.1. The Bertz CT molecular complexity index is 735. The molecule has 0 unspecified atom stereocenters. The molecule has 1 atom stereocenters. The monoisotopic (exact) mass is 438 g/mol. The van der Waals surface area contributed by atoms with Crippen LogP contribution in [-0.2, 0) is 6.61 Å². The third-order valence-electron chi connectivity index (χ3n) is 5.66. The molecular formula is C23H32Cl2N2O2. The average molecular weight is 439 g/mol. The number of nitrogens with one attached hydrogen (secondary N) is 1. The molecule has 2 fully saturated rings. The molecule has 1 aliphatic carbocycles. The van der Waals surface area contributed by atoms with Crippen molar-refractivity contribution in [3.8, 4) is 11.5 Å². The van der Waals surface area contributed by atoms with Crippen molar-refractivity contribution >= 4 is 24.8 Å². The van der Waals surface area contributed by atoms with Crippen LogP contribution in [0.15, 0.2) is 48.5 Å². The second-order valence-corrected chi connectivity index (χ2v) is 7.67. The maximum Gasteiger partial charge on any atom is 0.161 e. The lowest BCUT2D eigenvalue weighted by atomic mass is 9.98. The molecule has 0 radical (unpaired) electrons. The van der Waals surface area contributed by atoms with Crippen LogP contribution in [0.3, 0.4) is 0 Å². The predicted octanol–water partition coefficient (Wildman–Crippen LogP) is 4.86. The van der Waals surface area contributed by atoms with Gasteiger partial charge in [-0.25, -0.2) is 0 Å². The molecule has 1 saturated heterocycles. The van der Waals surface area contributed by atoms with E-state index >= 15 is 0 Å². The number of rotatable bonds is 8. The third-order valence-corrected chi connectivity index (χ3v) is 5.66. The van der Waals surface area contributed by atoms with Crippen molar-refractivity contribution in [2.45, 2.75) is 31.9 Å². The summed E-state index contributed by atoms with van der Waals surface area (Å²) in [6, 6.07) is 17.2. The normalized spacial score (nSPS) is 17.6. The molecule has 1 aliphatic heterocycles. The summed E-state index contributed by atoms with van der Waals surface area (Å²) in [6.07, 6.45) is 4.03. The lowest BCUT2D eigenvalue weighted by Crippen LogP contribution is -2.45. The second-order valence-electron chi connectivity index (χ2n) is 7.67. The molecule has 29 heavy (non-hydrogen) atoms. The van der Waals surface area contributed by atoms with Gasteiger partial charge in [0.25, 0.3) is 0 Å². The Morgan fingerprint density at radius 3 is 2.38 bits per heavy atom. The summed E-state index contributed by atoms with van der Waals surface area (Å²) in [4.78, 5) is 2.63. The van der Waals surface area contributed by atoms with Crippen LogP contribution in [0.25, 0.3) is 0 Å². The number of nitrogens with zero attached hydrogens (tertiary/aromatic N) is 1. The molecule has 2 aliphatic rings. The molecule has 6 heteroatoms. The van der Waals surface area contributed by atoms with Gasteiger partial charge in [-0.2, -0.15) is 0 Å². The molecule has 1 N–H and O–H groups in total. The SMILES string of the molecule is COc1cc([C@H](CC2CC2)N2CCNCC2)ccc1OCc1ccccc1.Cl.Cl. The summed E-state index contributed by atoms with van der Waals surface area (Å²) in [6.45, 7) is 4.95. The van der Waals surface area contributed by atoms with Crippen molar-refractivity contribution in [3.05, 3.63) is 59.7 Å². The van der Waals surface area contributed by atoms with Gasteiger partial charge in [-0.1, -0.05) is 49.2 Å². The number of methoxy groups -OCH3 is 1. The first-order valence-electron chi connectivity index (χ1n) is 10.1. The molecule has 2 aromatic carbocycles. The van der Waals surface area contributed by atoms with Crippen molar-refractivity contribution in [2.24, 2.45) is 5.92 Å². The first kappa shape index (κ1) is 23.8. The van der Waals surface area contributed by atoms with Crippen LogP contribution in [0, 0.1) is 5.92 Å². The second kappa shape index (κ2) is 11.7. The Balaban J connectivity index is 0.00000150. The van der Waals surface area contributed by atoms with E-state index in [-0.39, 0.29) is 24.8 Å². The van der Waals surface area contributed by atoms with Crippen LogP contribution >= 0.6 is 24.8 Å². The van der Waals surface area contributed by atoms with Crippen LogP contribution in [0.2, 0.25) is 0 Å². The van der Waals surface area contributed by atoms with E-state index in [2.05, 4.69) is 40.5 Å². The highest BCUT2D eigenvalue weighted by molar-refractivity contribution is 5.85. The number of hydrogen-bond acceptors (Lipinski definition) is 4.